The third kappa shape index (κ3) is 4.70. The number of nitrogens with one attached hydrogen (secondary N) is 1. The number of fused-ring (bicyclic) bond motifs is 1. The zero-order valence-electron chi connectivity index (χ0n) is 17.1. The lowest BCUT2D eigenvalue weighted by molar-refractivity contribution is 0.0950. The average Bonchev–Trinajstić information content (AvgIpc) is 3.23. The minimum atomic E-state index is -0.690. The van der Waals surface area contributed by atoms with Gasteiger partial charge in [-0.05, 0) is 35.9 Å². The number of nitrogens with two attached hydrogens (primary N) is 1. The molecule has 2 heterocycles. The molecule has 0 spiro atoms. The number of rotatable bonds is 6. The predicted octanol–water partition coefficient (Wildman–Crippen LogP) is 4.19. The van der Waals surface area contributed by atoms with Crippen molar-refractivity contribution in [3.8, 4) is 5.75 Å². The largest absolute Gasteiger partial charge is 0.496 e. The molecule has 12 heteroatoms. The third-order valence-corrected chi connectivity index (χ3v) is 5.85. The molecule has 4 rings (SSSR count). The van der Waals surface area contributed by atoms with E-state index in [1.807, 2.05) is 30.3 Å². The van der Waals surface area contributed by atoms with E-state index in [2.05, 4.69) is 25.8 Å². The quantitative estimate of drug-likeness (QED) is 0.231. The molecule has 1 amide bonds. The lowest BCUT2D eigenvalue weighted by Gasteiger charge is -2.10. The summed E-state index contributed by atoms with van der Waals surface area (Å²) >= 11 is 17.8. The number of halogens is 3. The molecule has 2 aromatic carbocycles. The van der Waals surface area contributed by atoms with Crippen LogP contribution in [0.5, 0.6) is 5.75 Å². The fourth-order valence-electron chi connectivity index (χ4n) is 3.10. The first-order valence-corrected chi connectivity index (χ1v) is 10.6. The molecule has 0 atom stereocenters. The van der Waals surface area contributed by atoms with Gasteiger partial charge in [-0.25, -0.2) is 15.1 Å². The molecule has 0 fully saturated rings. The van der Waals surface area contributed by atoms with Gasteiger partial charge in [0.15, 0.2) is 10.8 Å². The smallest absolute Gasteiger partial charge is 0.291 e. The Bertz CT molecular complexity index is 1390. The van der Waals surface area contributed by atoms with Crippen molar-refractivity contribution in [2.24, 2.45) is 5.10 Å². The maximum absolute atomic E-state index is 12.4. The van der Waals surface area contributed by atoms with Crippen molar-refractivity contribution in [1.82, 2.24) is 25.4 Å². The van der Waals surface area contributed by atoms with Gasteiger partial charge in [-0.2, -0.15) is 5.10 Å². The van der Waals surface area contributed by atoms with E-state index in [0.717, 1.165) is 16.6 Å². The lowest BCUT2D eigenvalue weighted by Crippen LogP contribution is -2.20. The Morgan fingerprint density at radius 1 is 1.21 bits per heavy atom. The molecular formula is C21H16Cl3N7O2. The highest BCUT2D eigenvalue weighted by Crippen LogP contribution is 2.34. The van der Waals surface area contributed by atoms with Gasteiger partial charge in [0.1, 0.15) is 16.3 Å². The number of aromatic nitrogens is 4. The highest BCUT2D eigenvalue weighted by atomic mass is 35.5. The van der Waals surface area contributed by atoms with Crippen LogP contribution in [0, 0.1) is 0 Å². The summed E-state index contributed by atoms with van der Waals surface area (Å²) in [7, 11) is 1.59. The molecule has 0 radical (unpaired) electrons. The van der Waals surface area contributed by atoms with E-state index in [0.29, 0.717) is 17.9 Å². The van der Waals surface area contributed by atoms with E-state index in [4.69, 9.17) is 45.3 Å². The Kier molecular flexibility index (Phi) is 6.64. The second-order valence-corrected chi connectivity index (χ2v) is 7.91. The number of amides is 1. The average molecular weight is 505 g/mol. The topological polar surface area (TPSA) is 120 Å². The molecule has 168 valence electrons. The number of hydrazone groups is 1. The summed E-state index contributed by atoms with van der Waals surface area (Å²) in [6, 6.07) is 13.1. The Labute approximate surface area is 203 Å². The number of hydrogen-bond acceptors (Lipinski definition) is 7. The van der Waals surface area contributed by atoms with Crippen LogP contribution >= 0.6 is 34.8 Å². The number of nitrogens with zero attached hydrogens (tertiary/aromatic N) is 5. The van der Waals surface area contributed by atoms with Crippen LogP contribution < -0.4 is 15.9 Å². The minimum absolute atomic E-state index is 0.0207. The minimum Gasteiger partial charge on any atom is -0.496 e. The number of methoxy groups -OCH3 is 1. The van der Waals surface area contributed by atoms with Crippen molar-refractivity contribution in [1.29, 1.82) is 0 Å². The summed E-state index contributed by atoms with van der Waals surface area (Å²) in [5.74, 6) is -0.0117. The number of benzene rings is 2. The summed E-state index contributed by atoms with van der Waals surface area (Å²) in [6.07, 6.45) is 1.47. The van der Waals surface area contributed by atoms with Gasteiger partial charge in [0.05, 0.1) is 36.1 Å². The lowest BCUT2D eigenvalue weighted by atomic mass is 10.1. The van der Waals surface area contributed by atoms with E-state index in [1.165, 1.54) is 6.21 Å². The summed E-state index contributed by atoms with van der Waals surface area (Å²) in [5, 5.41) is 12.1. The molecule has 9 nitrogen and oxygen atoms in total. The van der Waals surface area contributed by atoms with Crippen LogP contribution in [0.2, 0.25) is 15.2 Å². The molecule has 0 aliphatic carbocycles. The molecule has 2 aromatic heterocycles. The number of hydrogen-bond donors (Lipinski definition) is 2. The van der Waals surface area contributed by atoms with Crippen LogP contribution in [0.3, 0.4) is 0 Å². The summed E-state index contributed by atoms with van der Waals surface area (Å²) in [6.45, 7) is 0.430. The Morgan fingerprint density at radius 2 is 2.00 bits per heavy atom. The Balaban J connectivity index is 1.54. The molecule has 0 saturated heterocycles. The molecular weight excluding hydrogens is 489 g/mol. The van der Waals surface area contributed by atoms with Crippen molar-refractivity contribution in [3.63, 3.8) is 0 Å². The number of carbonyl (C=O) groups is 1. The maximum atomic E-state index is 12.4. The SMILES string of the molecule is COc1ccc(/C=N/NC(=O)c2nc(Cl)c(Cl)c(N)c2Cl)cc1Cn1nnc2ccccc21. The molecule has 33 heavy (non-hydrogen) atoms. The van der Waals surface area contributed by atoms with Gasteiger partial charge < -0.3 is 10.5 Å². The normalized spacial score (nSPS) is 11.3. The number of para-hydroxylation sites is 1. The number of nitrogen functional groups attached to an aromatic ring is 1. The molecule has 0 bridgehead atoms. The first-order chi connectivity index (χ1) is 15.9. The fourth-order valence-corrected chi connectivity index (χ4v) is 3.69. The molecule has 0 aliphatic heterocycles. The summed E-state index contributed by atoms with van der Waals surface area (Å²) in [4.78, 5) is 16.3. The van der Waals surface area contributed by atoms with Crippen molar-refractivity contribution in [2.75, 3.05) is 12.8 Å². The second-order valence-electron chi connectivity index (χ2n) is 6.80. The van der Waals surface area contributed by atoms with E-state index < -0.39 is 5.91 Å². The molecule has 4 aromatic rings. The van der Waals surface area contributed by atoms with Gasteiger partial charge >= 0.3 is 0 Å². The zero-order chi connectivity index (χ0) is 23.5. The van der Waals surface area contributed by atoms with E-state index >= 15 is 0 Å². The van der Waals surface area contributed by atoms with Crippen molar-refractivity contribution in [3.05, 3.63) is 74.5 Å². The van der Waals surface area contributed by atoms with Gasteiger partial charge in [-0.1, -0.05) is 52.1 Å². The van der Waals surface area contributed by atoms with Crippen molar-refractivity contribution < 1.29 is 9.53 Å². The number of pyridine rings is 1. The van der Waals surface area contributed by atoms with Gasteiger partial charge in [-0.15, -0.1) is 5.10 Å². The first-order valence-electron chi connectivity index (χ1n) is 9.47. The number of anilines is 1. The second kappa shape index (κ2) is 9.62. The first kappa shape index (κ1) is 22.8. The highest BCUT2D eigenvalue weighted by molar-refractivity contribution is 6.46. The highest BCUT2D eigenvalue weighted by Gasteiger charge is 2.19. The van der Waals surface area contributed by atoms with Crippen LogP contribution in [0.4, 0.5) is 5.69 Å². The zero-order valence-corrected chi connectivity index (χ0v) is 19.4. The van der Waals surface area contributed by atoms with Crippen LogP contribution in [-0.4, -0.2) is 39.2 Å². The van der Waals surface area contributed by atoms with Crippen molar-refractivity contribution in [2.45, 2.75) is 6.54 Å². The monoisotopic (exact) mass is 503 g/mol. The standard InChI is InChI=1S/C21H16Cl3N7O2/c1-33-15-7-6-11(8-12(15)10-31-14-5-3-2-4-13(14)28-30-31)9-26-29-21(32)19-16(22)18(25)17(23)20(24)27-19/h2-9H,10H2,1H3,(H2,25,27)(H,29,32)/b26-9+. The van der Waals surface area contributed by atoms with Gasteiger partial charge in [0.2, 0.25) is 0 Å². The third-order valence-electron chi connectivity index (χ3n) is 4.71. The van der Waals surface area contributed by atoms with Gasteiger partial charge in [-0.3, -0.25) is 4.79 Å². The number of ether oxygens (including phenoxy) is 1. The molecule has 0 saturated carbocycles. The molecule has 3 N–H and O–H groups in total. The summed E-state index contributed by atoms with van der Waals surface area (Å²) in [5.41, 5.74) is 11.1. The van der Waals surface area contributed by atoms with Crippen LogP contribution in [0.1, 0.15) is 21.6 Å². The molecule has 0 aliphatic rings. The Hall–Kier alpha value is -3.40. The van der Waals surface area contributed by atoms with Crippen LogP contribution in [-0.2, 0) is 6.54 Å². The molecule has 0 unspecified atom stereocenters. The predicted molar refractivity (Wildman–Crippen MR) is 128 cm³/mol. The van der Waals surface area contributed by atoms with E-state index in [1.54, 1.807) is 23.9 Å². The fraction of sp³-hybridized carbons (Fsp3) is 0.0952. The van der Waals surface area contributed by atoms with Gasteiger partial charge in [0, 0.05) is 5.56 Å². The van der Waals surface area contributed by atoms with E-state index in [-0.39, 0.29) is 26.6 Å². The van der Waals surface area contributed by atoms with Gasteiger partial charge in [0.25, 0.3) is 5.91 Å². The summed E-state index contributed by atoms with van der Waals surface area (Å²) < 4.78 is 7.25. The number of carbonyl (C=O) groups excluding carboxylic acids is 1. The maximum Gasteiger partial charge on any atom is 0.291 e. The van der Waals surface area contributed by atoms with Crippen molar-refractivity contribution >= 4 is 63.6 Å². The van der Waals surface area contributed by atoms with Crippen LogP contribution in [0.25, 0.3) is 11.0 Å². The Morgan fingerprint density at radius 3 is 2.79 bits per heavy atom. The van der Waals surface area contributed by atoms with Crippen LogP contribution in [0.15, 0.2) is 47.6 Å². The van der Waals surface area contributed by atoms with E-state index in [9.17, 15) is 4.79 Å².